The van der Waals surface area contributed by atoms with Gasteiger partial charge in [-0.3, -0.25) is 14.4 Å². The quantitative estimate of drug-likeness (QED) is 0.693. The van der Waals surface area contributed by atoms with E-state index >= 15 is 0 Å². The van der Waals surface area contributed by atoms with Gasteiger partial charge in [0.05, 0.1) is 20.3 Å². The zero-order valence-corrected chi connectivity index (χ0v) is 18.2. The van der Waals surface area contributed by atoms with Crippen molar-refractivity contribution in [3.8, 4) is 5.75 Å². The van der Waals surface area contributed by atoms with Gasteiger partial charge < -0.3 is 24.3 Å². The second-order valence-electron chi connectivity index (χ2n) is 8.01. The van der Waals surface area contributed by atoms with E-state index in [1.807, 2.05) is 6.92 Å². The van der Waals surface area contributed by atoms with Crippen molar-refractivity contribution in [2.45, 2.75) is 38.2 Å². The van der Waals surface area contributed by atoms with Crippen LogP contribution in [0.25, 0.3) is 0 Å². The highest BCUT2D eigenvalue weighted by Gasteiger charge is 2.50. The molecule has 0 saturated carbocycles. The van der Waals surface area contributed by atoms with Crippen LogP contribution in [0.5, 0.6) is 5.75 Å². The number of amides is 2. The van der Waals surface area contributed by atoms with E-state index in [0.717, 1.165) is 6.07 Å². The number of rotatable bonds is 5. The summed E-state index contributed by atoms with van der Waals surface area (Å²) in [4.78, 5) is 40.8. The maximum Gasteiger partial charge on any atom is 0.277 e. The first kappa shape index (κ1) is 22.7. The lowest BCUT2D eigenvalue weighted by Crippen LogP contribution is -2.64. The van der Waals surface area contributed by atoms with E-state index in [9.17, 15) is 23.2 Å². The summed E-state index contributed by atoms with van der Waals surface area (Å²) in [5.41, 5.74) is -2.13. The molecule has 10 heteroatoms. The Morgan fingerprint density at radius 1 is 1.39 bits per heavy atom. The van der Waals surface area contributed by atoms with Crippen LogP contribution in [-0.4, -0.2) is 46.8 Å². The Labute approximate surface area is 188 Å². The molecule has 3 heterocycles. The van der Waals surface area contributed by atoms with Gasteiger partial charge in [0, 0.05) is 30.4 Å². The number of aromatic nitrogens is 1. The van der Waals surface area contributed by atoms with Gasteiger partial charge in [0.25, 0.3) is 11.8 Å². The predicted octanol–water partition coefficient (Wildman–Crippen LogP) is 2.21. The highest BCUT2D eigenvalue weighted by atomic mass is 19.1. The number of nitrogens with zero attached hydrogens (tertiary/aromatic N) is 2. The zero-order chi connectivity index (χ0) is 23.9. The summed E-state index contributed by atoms with van der Waals surface area (Å²) in [5.74, 6) is -3.09. The molecule has 2 aromatic rings. The smallest absolute Gasteiger partial charge is 0.277 e. The van der Waals surface area contributed by atoms with E-state index < -0.39 is 34.6 Å². The second kappa shape index (κ2) is 8.43. The molecule has 1 aromatic heterocycles. The molecule has 174 valence electrons. The summed E-state index contributed by atoms with van der Waals surface area (Å²) < 4.78 is 39.6. The molecule has 2 aliphatic rings. The fraction of sp³-hybridized carbons (Fsp3) is 0.348. The lowest BCUT2D eigenvalue weighted by molar-refractivity contribution is -0.166. The summed E-state index contributed by atoms with van der Waals surface area (Å²) in [7, 11) is 1.24. The third-order valence-corrected chi connectivity index (χ3v) is 6.01. The van der Waals surface area contributed by atoms with E-state index in [0.29, 0.717) is 19.1 Å². The molecular weight excluding hydrogens is 436 g/mol. The van der Waals surface area contributed by atoms with Gasteiger partial charge in [0.1, 0.15) is 17.2 Å². The Morgan fingerprint density at radius 3 is 2.82 bits per heavy atom. The molecule has 0 spiro atoms. The van der Waals surface area contributed by atoms with Gasteiger partial charge >= 0.3 is 0 Å². The number of benzene rings is 1. The van der Waals surface area contributed by atoms with Crippen molar-refractivity contribution in [3.05, 3.63) is 75.7 Å². The SMILES string of the molecule is C=CC12Cn3cc(C(=O)NCc4ccc(F)cc4F)c(=O)c(OC)c3C(=O)N1[C@H](C)CCO2. The third-order valence-electron chi connectivity index (χ3n) is 6.01. The van der Waals surface area contributed by atoms with Crippen LogP contribution in [0.3, 0.4) is 0 Å². The van der Waals surface area contributed by atoms with Crippen LogP contribution in [0.4, 0.5) is 8.78 Å². The zero-order valence-electron chi connectivity index (χ0n) is 18.2. The van der Waals surface area contributed by atoms with Gasteiger partial charge in [-0.2, -0.15) is 0 Å². The molecule has 1 N–H and O–H groups in total. The van der Waals surface area contributed by atoms with Gasteiger partial charge in [-0.1, -0.05) is 12.6 Å². The van der Waals surface area contributed by atoms with Crippen molar-refractivity contribution < 1.29 is 27.8 Å². The van der Waals surface area contributed by atoms with Crippen LogP contribution in [0.1, 0.15) is 39.8 Å². The Kier molecular flexibility index (Phi) is 5.79. The number of fused-ring (bicyclic) bond motifs is 2. The van der Waals surface area contributed by atoms with E-state index in [1.165, 1.54) is 34.9 Å². The van der Waals surface area contributed by atoms with Crippen LogP contribution in [0, 0.1) is 11.6 Å². The lowest BCUT2D eigenvalue weighted by Gasteiger charge is -2.51. The maximum absolute atomic E-state index is 13.9. The predicted molar refractivity (Wildman–Crippen MR) is 114 cm³/mol. The summed E-state index contributed by atoms with van der Waals surface area (Å²) >= 11 is 0. The van der Waals surface area contributed by atoms with Gasteiger partial charge in [-0.05, 0) is 25.5 Å². The lowest BCUT2D eigenvalue weighted by atomic mass is 9.98. The normalized spacial score (nSPS) is 21.8. The van der Waals surface area contributed by atoms with Crippen molar-refractivity contribution in [3.63, 3.8) is 0 Å². The van der Waals surface area contributed by atoms with Crippen molar-refractivity contribution in [2.75, 3.05) is 13.7 Å². The number of nitrogens with one attached hydrogen (secondary N) is 1. The van der Waals surface area contributed by atoms with E-state index in [4.69, 9.17) is 9.47 Å². The van der Waals surface area contributed by atoms with E-state index in [2.05, 4.69) is 11.9 Å². The number of pyridine rings is 1. The fourth-order valence-corrected chi connectivity index (χ4v) is 4.32. The number of ether oxygens (including phenoxy) is 2. The van der Waals surface area contributed by atoms with Crippen molar-refractivity contribution in [1.82, 2.24) is 14.8 Å². The Morgan fingerprint density at radius 2 is 2.15 bits per heavy atom. The summed E-state index contributed by atoms with van der Waals surface area (Å²) in [5, 5.41) is 2.46. The molecule has 1 unspecified atom stereocenters. The van der Waals surface area contributed by atoms with Gasteiger partial charge in [-0.25, -0.2) is 8.78 Å². The van der Waals surface area contributed by atoms with Gasteiger partial charge in [-0.15, -0.1) is 0 Å². The number of halogens is 2. The van der Waals surface area contributed by atoms with Crippen molar-refractivity contribution >= 4 is 11.8 Å². The molecule has 2 aliphatic heterocycles. The van der Waals surface area contributed by atoms with Crippen LogP contribution >= 0.6 is 0 Å². The number of hydrogen-bond acceptors (Lipinski definition) is 5. The van der Waals surface area contributed by atoms with Crippen LogP contribution in [-0.2, 0) is 17.8 Å². The molecule has 2 amide bonds. The first-order chi connectivity index (χ1) is 15.7. The largest absolute Gasteiger partial charge is 0.491 e. The minimum atomic E-state index is -1.13. The molecule has 1 saturated heterocycles. The molecule has 0 bridgehead atoms. The molecule has 1 aromatic carbocycles. The van der Waals surface area contributed by atoms with Crippen LogP contribution in [0.15, 0.2) is 41.8 Å². The van der Waals surface area contributed by atoms with Crippen LogP contribution in [0.2, 0.25) is 0 Å². The number of hydrogen-bond donors (Lipinski definition) is 1. The topological polar surface area (TPSA) is 89.9 Å². The molecule has 2 atom stereocenters. The summed E-state index contributed by atoms with van der Waals surface area (Å²) in [6.07, 6.45) is 3.42. The molecule has 33 heavy (non-hydrogen) atoms. The van der Waals surface area contributed by atoms with E-state index in [1.54, 1.807) is 0 Å². The van der Waals surface area contributed by atoms with Crippen molar-refractivity contribution in [2.24, 2.45) is 0 Å². The van der Waals surface area contributed by atoms with E-state index in [-0.39, 0.29) is 41.7 Å². The minimum Gasteiger partial charge on any atom is -0.491 e. The molecule has 0 radical (unpaired) electrons. The molecule has 4 rings (SSSR count). The number of methoxy groups -OCH3 is 1. The number of carbonyl (C=O) groups is 2. The Hall–Kier alpha value is -3.53. The Bertz CT molecular complexity index is 1210. The maximum atomic E-state index is 13.9. The average molecular weight is 459 g/mol. The van der Waals surface area contributed by atoms with Gasteiger partial charge in [0.15, 0.2) is 17.2 Å². The average Bonchev–Trinajstić information content (AvgIpc) is 2.78. The second-order valence-corrected chi connectivity index (χ2v) is 8.01. The highest BCUT2D eigenvalue weighted by molar-refractivity contribution is 5.99. The summed E-state index contributed by atoms with van der Waals surface area (Å²) in [6, 6.07) is 2.81. The molecule has 1 fully saturated rings. The number of carbonyl (C=O) groups excluding carboxylic acids is 2. The first-order valence-corrected chi connectivity index (χ1v) is 10.4. The highest BCUT2D eigenvalue weighted by Crippen LogP contribution is 2.37. The van der Waals surface area contributed by atoms with Crippen LogP contribution < -0.4 is 15.5 Å². The first-order valence-electron chi connectivity index (χ1n) is 10.4. The third kappa shape index (κ3) is 3.70. The molecule has 8 nitrogen and oxygen atoms in total. The molecule has 0 aliphatic carbocycles. The standard InChI is InChI=1S/C23H23F2N3O5/c1-4-23-12-27-11-16(21(30)26-10-14-5-6-15(24)9-17(14)25)19(29)20(32-3)18(27)22(31)28(23)13(2)7-8-33-23/h4-6,9,11,13H,1,7-8,10,12H2,2-3H3,(H,26,30)/t13-,23?/m1/s1. The van der Waals surface area contributed by atoms with Gasteiger partial charge in [0.2, 0.25) is 5.43 Å². The minimum absolute atomic E-state index is 0.0125. The molecular formula is C23H23F2N3O5. The summed E-state index contributed by atoms with van der Waals surface area (Å²) in [6.45, 7) is 5.97. The monoisotopic (exact) mass is 459 g/mol. The Balaban J connectivity index is 1.72. The fourth-order valence-electron chi connectivity index (χ4n) is 4.32. The van der Waals surface area contributed by atoms with Crippen molar-refractivity contribution in [1.29, 1.82) is 0 Å².